The standard InChI is InChI=1S/C25H26FN3O3/c1-25(2,3)32-24(30)29-13-19-10-18(11-20(19)14-29)22-5-4-6-23(28-22)31-15-17-8-7-16(12-27)9-21(17)26/h4-10,19-20H,11,13-15H2,1-3H3. The van der Waals surface area contributed by atoms with Crippen LogP contribution in [0.15, 0.2) is 42.5 Å². The number of likely N-dealkylation sites (tertiary alicyclic amines) is 1. The lowest BCUT2D eigenvalue weighted by Crippen LogP contribution is -2.35. The number of hydrogen-bond acceptors (Lipinski definition) is 5. The van der Waals surface area contributed by atoms with E-state index < -0.39 is 11.4 Å². The molecule has 32 heavy (non-hydrogen) atoms. The molecule has 2 atom stereocenters. The zero-order valence-electron chi connectivity index (χ0n) is 18.5. The molecule has 1 aromatic heterocycles. The monoisotopic (exact) mass is 435 g/mol. The van der Waals surface area contributed by atoms with E-state index in [1.807, 2.05) is 39.0 Å². The summed E-state index contributed by atoms with van der Waals surface area (Å²) in [6.07, 6.45) is 2.77. The fourth-order valence-electron chi connectivity index (χ4n) is 4.14. The van der Waals surface area contributed by atoms with Crippen LogP contribution in [0.2, 0.25) is 0 Å². The van der Waals surface area contributed by atoms with Crippen molar-refractivity contribution in [3.8, 4) is 11.9 Å². The third-order valence-electron chi connectivity index (χ3n) is 5.65. The summed E-state index contributed by atoms with van der Waals surface area (Å²) in [5, 5.41) is 8.85. The molecule has 2 aliphatic rings. The SMILES string of the molecule is CC(C)(C)OC(=O)N1CC2C=C(c3cccc(OCc4ccc(C#N)cc4F)n3)CC2C1. The van der Waals surface area contributed by atoms with Gasteiger partial charge in [-0.25, -0.2) is 14.2 Å². The molecule has 2 unspecified atom stereocenters. The average molecular weight is 435 g/mol. The fourth-order valence-corrected chi connectivity index (χ4v) is 4.14. The minimum Gasteiger partial charge on any atom is -0.473 e. The lowest BCUT2D eigenvalue weighted by Gasteiger charge is -2.24. The van der Waals surface area contributed by atoms with Gasteiger partial charge in [0.25, 0.3) is 0 Å². The zero-order chi connectivity index (χ0) is 22.9. The summed E-state index contributed by atoms with van der Waals surface area (Å²) in [7, 11) is 0. The van der Waals surface area contributed by atoms with Gasteiger partial charge in [0.1, 0.15) is 18.0 Å². The third-order valence-corrected chi connectivity index (χ3v) is 5.65. The molecule has 1 aliphatic carbocycles. The van der Waals surface area contributed by atoms with E-state index in [1.165, 1.54) is 6.07 Å². The molecule has 0 radical (unpaired) electrons. The number of carbonyl (C=O) groups excluding carboxylic acids is 1. The number of carbonyl (C=O) groups is 1. The molecule has 1 saturated heterocycles. The summed E-state index contributed by atoms with van der Waals surface area (Å²) >= 11 is 0. The maximum atomic E-state index is 14.1. The van der Waals surface area contributed by atoms with Crippen molar-refractivity contribution in [1.29, 1.82) is 5.26 Å². The van der Waals surface area contributed by atoms with Gasteiger partial charge < -0.3 is 14.4 Å². The summed E-state index contributed by atoms with van der Waals surface area (Å²) < 4.78 is 25.3. The molecule has 0 spiro atoms. The fraction of sp³-hybridized carbons (Fsp3) is 0.400. The Bertz CT molecular complexity index is 1100. The number of nitrogens with zero attached hydrogens (tertiary/aromatic N) is 3. The van der Waals surface area contributed by atoms with Crippen molar-refractivity contribution in [2.24, 2.45) is 11.8 Å². The van der Waals surface area contributed by atoms with Gasteiger partial charge in [0.05, 0.1) is 17.3 Å². The van der Waals surface area contributed by atoms with Crippen molar-refractivity contribution in [2.45, 2.75) is 39.4 Å². The number of hydrogen-bond donors (Lipinski definition) is 0. The third kappa shape index (κ3) is 4.91. The molecule has 2 aromatic rings. The Balaban J connectivity index is 1.39. The van der Waals surface area contributed by atoms with E-state index in [1.54, 1.807) is 23.1 Å². The molecule has 1 fully saturated rings. The number of pyridine rings is 1. The van der Waals surface area contributed by atoms with Gasteiger partial charge in [0, 0.05) is 30.6 Å². The van der Waals surface area contributed by atoms with E-state index in [2.05, 4.69) is 11.1 Å². The second kappa shape index (κ2) is 8.62. The van der Waals surface area contributed by atoms with E-state index in [0.717, 1.165) is 17.7 Å². The Kier molecular flexibility index (Phi) is 5.88. The van der Waals surface area contributed by atoms with Crippen molar-refractivity contribution < 1.29 is 18.7 Å². The Hall–Kier alpha value is -3.40. The van der Waals surface area contributed by atoms with Gasteiger partial charge in [-0.1, -0.05) is 18.2 Å². The Morgan fingerprint density at radius 1 is 1.28 bits per heavy atom. The van der Waals surface area contributed by atoms with Crippen LogP contribution in [-0.4, -0.2) is 34.7 Å². The van der Waals surface area contributed by atoms with Crippen LogP contribution >= 0.6 is 0 Å². The molecular formula is C25H26FN3O3. The predicted molar refractivity (Wildman–Crippen MR) is 117 cm³/mol. The number of rotatable bonds is 4. The minimum atomic E-state index is -0.499. The molecule has 1 aromatic carbocycles. The molecule has 4 rings (SSSR count). The topological polar surface area (TPSA) is 75.4 Å². The van der Waals surface area contributed by atoms with Crippen molar-refractivity contribution in [1.82, 2.24) is 9.88 Å². The van der Waals surface area contributed by atoms with Crippen LogP contribution in [0.25, 0.3) is 5.57 Å². The van der Waals surface area contributed by atoms with Gasteiger partial charge >= 0.3 is 6.09 Å². The molecule has 2 heterocycles. The number of amides is 1. The maximum Gasteiger partial charge on any atom is 0.410 e. The lowest BCUT2D eigenvalue weighted by molar-refractivity contribution is 0.0285. The minimum absolute atomic E-state index is 0.0309. The second-order valence-corrected chi connectivity index (χ2v) is 9.27. The Morgan fingerprint density at radius 2 is 2.09 bits per heavy atom. The maximum absolute atomic E-state index is 14.1. The summed E-state index contributed by atoms with van der Waals surface area (Å²) in [6.45, 7) is 6.97. The van der Waals surface area contributed by atoms with Crippen LogP contribution in [0.1, 0.15) is 44.0 Å². The number of fused-ring (bicyclic) bond motifs is 1. The second-order valence-electron chi connectivity index (χ2n) is 9.27. The first-order valence-electron chi connectivity index (χ1n) is 10.7. The van der Waals surface area contributed by atoms with Gasteiger partial charge in [-0.3, -0.25) is 0 Å². The largest absolute Gasteiger partial charge is 0.473 e. The first-order valence-corrected chi connectivity index (χ1v) is 10.7. The molecule has 166 valence electrons. The average Bonchev–Trinajstić information content (AvgIpc) is 3.31. The van der Waals surface area contributed by atoms with Crippen LogP contribution in [0, 0.1) is 29.0 Å². The normalized spacial score (nSPS) is 19.8. The van der Waals surface area contributed by atoms with Crippen LogP contribution in [-0.2, 0) is 11.3 Å². The highest BCUT2D eigenvalue weighted by Gasteiger charge is 2.40. The first-order chi connectivity index (χ1) is 15.2. The highest BCUT2D eigenvalue weighted by Crippen LogP contribution is 2.41. The molecule has 7 heteroatoms. The van der Waals surface area contributed by atoms with E-state index in [4.69, 9.17) is 14.7 Å². The van der Waals surface area contributed by atoms with Crippen LogP contribution < -0.4 is 4.74 Å². The molecule has 0 saturated carbocycles. The van der Waals surface area contributed by atoms with Crippen molar-refractivity contribution in [3.63, 3.8) is 0 Å². The van der Waals surface area contributed by atoms with Crippen molar-refractivity contribution in [3.05, 3.63) is 65.1 Å². The Labute approximate surface area is 187 Å². The lowest BCUT2D eigenvalue weighted by atomic mass is 9.99. The summed E-state index contributed by atoms with van der Waals surface area (Å²) in [4.78, 5) is 18.7. The number of nitriles is 1. The van der Waals surface area contributed by atoms with Gasteiger partial charge in [-0.15, -0.1) is 0 Å². The molecule has 1 aliphatic heterocycles. The van der Waals surface area contributed by atoms with Gasteiger partial charge in [-0.2, -0.15) is 5.26 Å². The van der Waals surface area contributed by atoms with Gasteiger partial charge in [0.2, 0.25) is 5.88 Å². The first kappa shape index (κ1) is 21.8. The van der Waals surface area contributed by atoms with Crippen molar-refractivity contribution in [2.75, 3.05) is 13.1 Å². The molecule has 6 nitrogen and oxygen atoms in total. The number of allylic oxidation sites excluding steroid dienone is 1. The Morgan fingerprint density at radius 3 is 2.78 bits per heavy atom. The highest BCUT2D eigenvalue weighted by molar-refractivity contribution is 5.71. The molecule has 1 amide bonds. The quantitative estimate of drug-likeness (QED) is 0.680. The van der Waals surface area contributed by atoms with Crippen LogP contribution in [0.4, 0.5) is 9.18 Å². The van der Waals surface area contributed by atoms with Gasteiger partial charge in [-0.05, 0) is 56.9 Å². The molecule has 0 N–H and O–H groups in total. The number of halogens is 1. The molecule has 0 bridgehead atoms. The van der Waals surface area contributed by atoms with Gasteiger partial charge in [0.15, 0.2) is 0 Å². The molecular weight excluding hydrogens is 409 g/mol. The van der Waals surface area contributed by atoms with E-state index in [-0.39, 0.29) is 24.2 Å². The summed E-state index contributed by atoms with van der Waals surface area (Å²) in [5.74, 6) is 0.592. The van der Waals surface area contributed by atoms with Crippen LogP contribution in [0.3, 0.4) is 0 Å². The van der Waals surface area contributed by atoms with E-state index in [0.29, 0.717) is 30.5 Å². The summed E-state index contributed by atoms with van der Waals surface area (Å²) in [5.41, 5.74) is 2.11. The number of aromatic nitrogens is 1. The smallest absolute Gasteiger partial charge is 0.410 e. The van der Waals surface area contributed by atoms with Crippen molar-refractivity contribution >= 4 is 11.7 Å². The number of ether oxygens (including phenoxy) is 2. The highest BCUT2D eigenvalue weighted by atomic mass is 19.1. The summed E-state index contributed by atoms with van der Waals surface area (Å²) in [6, 6.07) is 11.8. The predicted octanol–water partition coefficient (Wildman–Crippen LogP) is 4.94. The van der Waals surface area contributed by atoms with Crippen LogP contribution in [0.5, 0.6) is 5.88 Å². The number of benzene rings is 1. The van der Waals surface area contributed by atoms with E-state index in [9.17, 15) is 9.18 Å². The van der Waals surface area contributed by atoms with E-state index >= 15 is 0 Å². The zero-order valence-corrected chi connectivity index (χ0v) is 18.5.